The molecule has 3 heterocycles. The lowest BCUT2D eigenvalue weighted by molar-refractivity contribution is -0.134. The topological polar surface area (TPSA) is 77.7 Å². The van der Waals surface area contributed by atoms with Gasteiger partial charge in [0.15, 0.2) is 5.82 Å². The zero-order chi connectivity index (χ0) is 14.7. The molecule has 7 nitrogen and oxygen atoms in total. The first-order valence-electron chi connectivity index (χ1n) is 7.46. The van der Waals surface area contributed by atoms with E-state index in [-0.39, 0.29) is 18.4 Å². The van der Waals surface area contributed by atoms with Crippen LogP contribution in [0.15, 0.2) is 4.52 Å². The van der Waals surface area contributed by atoms with Gasteiger partial charge in [-0.15, -0.1) is 0 Å². The average molecular weight is 295 g/mol. The minimum atomic E-state index is 0.0177. The highest BCUT2D eigenvalue weighted by atomic mass is 16.5. The molecule has 1 atom stereocenters. The van der Waals surface area contributed by atoms with Crippen LogP contribution < -0.4 is 0 Å². The van der Waals surface area contributed by atoms with Crippen molar-refractivity contribution in [2.45, 2.75) is 31.1 Å². The van der Waals surface area contributed by atoms with Gasteiger partial charge in [-0.2, -0.15) is 4.98 Å². The Morgan fingerprint density at radius 3 is 2.90 bits per heavy atom. The number of ether oxygens (including phenoxy) is 2. The lowest BCUT2D eigenvalue weighted by atomic mass is 10.00. The van der Waals surface area contributed by atoms with Crippen LogP contribution in [0.25, 0.3) is 0 Å². The first-order valence-corrected chi connectivity index (χ1v) is 7.46. The fourth-order valence-electron chi connectivity index (χ4n) is 2.94. The molecule has 116 valence electrons. The number of likely N-dealkylation sites (tertiary alicyclic amines) is 1. The molecule has 1 amide bonds. The van der Waals surface area contributed by atoms with Gasteiger partial charge < -0.3 is 18.9 Å². The van der Waals surface area contributed by atoms with E-state index in [1.165, 1.54) is 7.11 Å². The summed E-state index contributed by atoms with van der Waals surface area (Å²) < 4.78 is 15.7. The molecule has 0 aromatic carbocycles. The minimum absolute atomic E-state index is 0.0177. The molecule has 2 fully saturated rings. The third-order valence-corrected chi connectivity index (χ3v) is 4.20. The second-order valence-corrected chi connectivity index (χ2v) is 5.64. The zero-order valence-electron chi connectivity index (χ0n) is 12.3. The Balaban J connectivity index is 1.60. The number of nitrogens with zero attached hydrogens (tertiary/aromatic N) is 3. The molecule has 0 N–H and O–H groups in total. The fourth-order valence-corrected chi connectivity index (χ4v) is 2.94. The normalized spacial score (nSPS) is 23.7. The lowest BCUT2D eigenvalue weighted by Gasteiger charge is -2.18. The summed E-state index contributed by atoms with van der Waals surface area (Å²) in [5.74, 6) is 1.94. The zero-order valence-corrected chi connectivity index (χ0v) is 12.3. The molecular formula is C14H21N3O4. The van der Waals surface area contributed by atoms with Crippen LogP contribution in [0.5, 0.6) is 0 Å². The summed E-state index contributed by atoms with van der Waals surface area (Å²) in [6, 6.07) is 0. The van der Waals surface area contributed by atoms with E-state index in [9.17, 15) is 4.79 Å². The quantitative estimate of drug-likeness (QED) is 0.822. The molecule has 0 bridgehead atoms. The van der Waals surface area contributed by atoms with Crippen LogP contribution in [0.3, 0.4) is 0 Å². The van der Waals surface area contributed by atoms with Crippen molar-refractivity contribution < 1.29 is 18.8 Å². The standard InChI is InChI=1S/C14H21N3O4/c1-19-9-12(18)17-5-2-11(8-17)14-15-13(16-21-14)10-3-6-20-7-4-10/h10-11H,2-9H2,1H3. The summed E-state index contributed by atoms with van der Waals surface area (Å²) in [5, 5.41) is 4.12. The number of rotatable bonds is 4. The van der Waals surface area contributed by atoms with Crippen molar-refractivity contribution in [1.82, 2.24) is 15.0 Å². The summed E-state index contributed by atoms with van der Waals surface area (Å²) in [7, 11) is 1.53. The van der Waals surface area contributed by atoms with Crippen molar-refractivity contribution >= 4 is 5.91 Å². The summed E-state index contributed by atoms with van der Waals surface area (Å²) in [6.45, 7) is 3.01. The monoisotopic (exact) mass is 295 g/mol. The van der Waals surface area contributed by atoms with Gasteiger partial charge in [-0.3, -0.25) is 4.79 Å². The highest BCUT2D eigenvalue weighted by Crippen LogP contribution is 2.29. The second-order valence-electron chi connectivity index (χ2n) is 5.64. The Bertz CT molecular complexity index is 484. The Kier molecular flexibility index (Phi) is 4.50. The van der Waals surface area contributed by atoms with Crippen LogP contribution in [-0.2, 0) is 14.3 Å². The van der Waals surface area contributed by atoms with Gasteiger partial charge in [-0.05, 0) is 19.3 Å². The van der Waals surface area contributed by atoms with Gasteiger partial charge in [0.25, 0.3) is 0 Å². The van der Waals surface area contributed by atoms with Crippen LogP contribution in [0, 0.1) is 0 Å². The molecule has 2 saturated heterocycles. The highest BCUT2D eigenvalue weighted by molar-refractivity contribution is 5.77. The third kappa shape index (κ3) is 3.24. The van der Waals surface area contributed by atoms with Gasteiger partial charge in [-0.25, -0.2) is 0 Å². The number of carbonyl (C=O) groups is 1. The summed E-state index contributed by atoms with van der Waals surface area (Å²) in [4.78, 5) is 18.1. The summed E-state index contributed by atoms with van der Waals surface area (Å²) in [6.07, 6.45) is 2.76. The first kappa shape index (κ1) is 14.5. The van der Waals surface area contributed by atoms with Crippen molar-refractivity contribution in [2.75, 3.05) is 40.0 Å². The molecule has 0 saturated carbocycles. The molecule has 0 aliphatic carbocycles. The smallest absolute Gasteiger partial charge is 0.248 e. The van der Waals surface area contributed by atoms with Crippen LogP contribution in [0.2, 0.25) is 0 Å². The molecule has 3 rings (SSSR count). The maximum absolute atomic E-state index is 11.8. The molecule has 1 aromatic rings. The number of hydrogen-bond acceptors (Lipinski definition) is 6. The highest BCUT2D eigenvalue weighted by Gasteiger charge is 2.32. The Morgan fingerprint density at radius 2 is 2.14 bits per heavy atom. The molecule has 2 aliphatic heterocycles. The van der Waals surface area contributed by atoms with E-state index in [2.05, 4.69) is 10.1 Å². The molecule has 1 aromatic heterocycles. The fraction of sp³-hybridized carbons (Fsp3) is 0.786. The average Bonchev–Trinajstić information content (AvgIpc) is 3.17. The van der Waals surface area contributed by atoms with E-state index in [1.54, 1.807) is 4.90 Å². The Labute approximate surface area is 123 Å². The molecule has 2 aliphatic rings. The molecule has 7 heteroatoms. The summed E-state index contributed by atoms with van der Waals surface area (Å²) in [5.41, 5.74) is 0. The van der Waals surface area contributed by atoms with E-state index in [4.69, 9.17) is 14.0 Å². The maximum Gasteiger partial charge on any atom is 0.248 e. The maximum atomic E-state index is 11.8. The van der Waals surface area contributed by atoms with Crippen molar-refractivity contribution in [3.8, 4) is 0 Å². The molecular weight excluding hydrogens is 274 g/mol. The first-order chi connectivity index (χ1) is 10.3. The SMILES string of the molecule is COCC(=O)N1CCC(c2nc(C3CCOCC3)no2)C1. The summed E-state index contributed by atoms with van der Waals surface area (Å²) >= 11 is 0. The van der Waals surface area contributed by atoms with Crippen LogP contribution in [0.4, 0.5) is 0 Å². The largest absolute Gasteiger partial charge is 0.381 e. The van der Waals surface area contributed by atoms with E-state index >= 15 is 0 Å². The Hall–Kier alpha value is -1.47. The minimum Gasteiger partial charge on any atom is -0.381 e. The van der Waals surface area contributed by atoms with Crippen molar-refractivity contribution in [3.05, 3.63) is 11.7 Å². The predicted molar refractivity (Wildman–Crippen MR) is 72.9 cm³/mol. The van der Waals surface area contributed by atoms with Gasteiger partial charge in [0.05, 0.1) is 5.92 Å². The number of amides is 1. The van der Waals surface area contributed by atoms with Crippen molar-refractivity contribution in [1.29, 1.82) is 0 Å². The second kappa shape index (κ2) is 6.53. The number of methoxy groups -OCH3 is 1. The molecule has 1 unspecified atom stereocenters. The molecule has 21 heavy (non-hydrogen) atoms. The predicted octanol–water partition coefficient (Wildman–Crippen LogP) is 0.926. The van der Waals surface area contributed by atoms with Gasteiger partial charge in [0.2, 0.25) is 11.8 Å². The third-order valence-electron chi connectivity index (χ3n) is 4.20. The molecule has 0 spiro atoms. The van der Waals surface area contributed by atoms with Crippen LogP contribution in [-0.4, -0.2) is 61.0 Å². The lowest BCUT2D eigenvalue weighted by Crippen LogP contribution is -2.31. The van der Waals surface area contributed by atoms with Gasteiger partial charge in [-0.1, -0.05) is 5.16 Å². The van der Waals surface area contributed by atoms with Gasteiger partial charge >= 0.3 is 0 Å². The number of aromatic nitrogens is 2. The van der Waals surface area contributed by atoms with E-state index < -0.39 is 0 Å². The van der Waals surface area contributed by atoms with E-state index in [0.29, 0.717) is 18.4 Å². The number of carbonyl (C=O) groups excluding carboxylic acids is 1. The molecule has 0 radical (unpaired) electrons. The van der Waals surface area contributed by atoms with Crippen molar-refractivity contribution in [3.63, 3.8) is 0 Å². The van der Waals surface area contributed by atoms with Gasteiger partial charge in [0.1, 0.15) is 6.61 Å². The van der Waals surface area contributed by atoms with Crippen molar-refractivity contribution in [2.24, 2.45) is 0 Å². The van der Waals surface area contributed by atoms with Gasteiger partial charge in [0, 0.05) is 39.3 Å². The Morgan fingerprint density at radius 1 is 1.33 bits per heavy atom. The van der Waals surface area contributed by atoms with Crippen LogP contribution >= 0.6 is 0 Å². The van der Waals surface area contributed by atoms with Crippen LogP contribution in [0.1, 0.15) is 42.8 Å². The van der Waals surface area contributed by atoms with E-state index in [1.807, 2.05) is 0 Å². The van der Waals surface area contributed by atoms with E-state index in [0.717, 1.165) is 44.8 Å². The number of hydrogen-bond donors (Lipinski definition) is 0.